The lowest BCUT2D eigenvalue weighted by molar-refractivity contribution is 0.481. The van der Waals surface area contributed by atoms with Crippen LogP contribution in [-0.2, 0) is 11.8 Å². The van der Waals surface area contributed by atoms with Gasteiger partial charge >= 0.3 is 0 Å². The first-order valence-electron chi connectivity index (χ1n) is 6.99. The second kappa shape index (κ2) is 4.50. The third-order valence-electron chi connectivity index (χ3n) is 4.23. The predicted molar refractivity (Wildman–Crippen MR) is 80.3 cm³/mol. The fraction of sp³-hybridized carbons (Fsp3) is 0.333. The van der Waals surface area contributed by atoms with E-state index in [1.807, 2.05) is 0 Å². The molecule has 2 N–H and O–H groups in total. The number of fused-ring (bicyclic) bond motifs is 1. The van der Waals surface area contributed by atoms with Gasteiger partial charge in [-0.1, -0.05) is 62.4 Å². The van der Waals surface area contributed by atoms with Crippen molar-refractivity contribution in [3.8, 4) is 0 Å². The van der Waals surface area contributed by atoms with E-state index in [9.17, 15) is 0 Å². The van der Waals surface area contributed by atoms with Crippen molar-refractivity contribution in [2.75, 3.05) is 0 Å². The van der Waals surface area contributed by atoms with Crippen LogP contribution in [0.25, 0.3) is 0 Å². The fourth-order valence-corrected chi connectivity index (χ4v) is 3.25. The summed E-state index contributed by atoms with van der Waals surface area (Å²) in [4.78, 5) is 0. The maximum Gasteiger partial charge on any atom is 0.0306 e. The van der Waals surface area contributed by atoms with Gasteiger partial charge < -0.3 is 5.73 Å². The Kier molecular flexibility index (Phi) is 2.94. The molecule has 0 aliphatic heterocycles. The third kappa shape index (κ3) is 2.31. The van der Waals surface area contributed by atoms with Crippen molar-refractivity contribution in [2.45, 2.75) is 38.1 Å². The van der Waals surface area contributed by atoms with Crippen LogP contribution in [0.1, 0.15) is 48.6 Å². The Bertz CT molecular complexity index is 584. The number of hydrogen-bond acceptors (Lipinski definition) is 1. The van der Waals surface area contributed by atoms with Gasteiger partial charge in [0.25, 0.3) is 0 Å². The maximum absolute atomic E-state index is 6.28. The summed E-state index contributed by atoms with van der Waals surface area (Å²) >= 11 is 0. The summed E-state index contributed by atoms with van der Waals surface area (Å²) in [7, 11) is 0. The van der Waals surface area contributed by atoms with Crippen LogP contribution in [0.3, 0.4) is 0 Å². The van der Waals surface area contributed by atoms with Gasteiger partial charge in [0, 0.05) is 6.04 Å². The van der Waals surface area contributed by atoms with E-state index in [1.165, 1.54) is 22.3 Å². The second-order valence-electron chi connectivity index (χ2n) is 6.28. The molecule has 3 rings (SSSR count). The SMILES string of the molecule is CC1(C)C[C@@H](N)c2cc(Cc3ccccc3)ccc21. The van der Waals surface area contributed by atoms with Crippen molar-refractivity contribution in [3.05, 3.63) is 70.8 Å². The summed E-state index contributed by atoms with van der Waals surface area (Å²) in [6.07, 6.45) is 2.04. The number of nitrogens with two attached hydrogens (primary N) is 1. The highest BCUT2D eigenvalue weighted by Gasteiger charge is 2.34. The molecule has 0 radical (unpaired) electrons. The standard InChI is InChI=1S/C18H21N/c1-18(2)12-17(19)15-11-14(8-9-16(15)18)10-13-6-4-3-5-7-13/h3-9,11,17H,10,12,19H2,1-2H3/t17-/m1/s1. The smallest absolute Gasteiger partial charge is 0.0306 e. The van der Waals surface area contributed by atoms with E-state index in [0.717, 1.165) is 12.8 Å². The van der Waals surface area contributed by atoms with Crippen LogP contribution in [-0.4, -0.2) is 0 Å². The average Bonchev–Trinajstić information content (AvgIpc) is 2.61. The van der Waals surface area contributed by atoms with Crippen molar-refractivity contribution in [2.24, 2.45) is 5.73 Å². The molecule has 0 spiro atoms. The highest BCUT2D eigenvalue weighted by molar-refractivity contribution is 5.44. The first-order chi connectivity index (χ1) is 9.06. The van der Waals surface area contributed by atoms with Gasteiger partial charge in [0.2, 0.25) is 0 Å². The number of hydrogen-bond donors (Lipinski definition) is 1. The summed E-state index contributed by atoms with van der Waals surface area (Å²) in [6, 6.07) is 17.6. The zero-order valence-corrected chi connectivity index (χ0v) is 11.7. The molecule has 0 aromatic heterocycles. The van der Waals surface area contributed by atoms with Crippen molar-refractivity contribution in [1.82, 2.24) is 0 Å². The first kappa shape index (κ1) is 12.4. The second-order valence-corrected chi connectivity index (χ2v) is 6.28. The molecule has 2 aromatic rings. The van der Waals surface area contributed by atoms with Crippen LogP contribution in [0.2, 0.25) is 0 Å². The topological polar surface area (TPSA) is 26.0 Å². The van der Waals surface area contributed by atoms with E-state index in [-0.39, 0.29) is 11.5 Å². The molecule has 1 atom stereocenters. The summed E-state index contributed by atoms with van der Waals surface area (Å²) < 4.78 is 0. The Hall–Kier alpha value is -1.60. The van der Waals surface area contributed by atoms with Crippen LogP contribution in [0.5, 0.6) is 0 Å². The van der Waals surface area contributed by atoms with E-state index in [1.54, 1.807) is 0 Å². The molecule has 19 heavy (non-hydrogen) atoms. The van der Waals surface area contributed by atoms with Crippen LogP contribution in [0.4, 0.5) is 0 Å². The molecule has 98 valence electrons. The highest BCUT2D eigenvalue weighted by Crippen LogP contribution is 2.43. The molecule has 0 saturated carbocycles. The minimum atomic E-state index is 0.195. The molecule has 1 aliphatic rings. The lowest BCUT2D eigenvalue weighted by Crippen LogP contribution is -2.14. The van der Waals surface area contributed by atoms with Crippen molar-refractivity contribution in [1.29, 1.82) is 0 Å². The van der Waals surface area contributed by atoms with Gasteiger partial charge in [0.05, 0.1) is 0 Å². The quantitative estimate of drug-likeness (QED) is 0.859. The summed E-state index contributed by atoms with van der Waals surface area (Å²) in [6.45, 7) is 4.57. The minimum Gasteiger partial charge on any atom is -0.324 e. The molecule has 0 fully saturated rings. The Morgan fingerprint density at radius 3 is 2.53 bits per heavy atom. The lowest BCUT2D eigenvalue weighted by atomic mass is 9.86. The minimum absolute atomic E-state index is 0.195. The monoisotopic (exact) mass is 251 g/mol. The van der Waals surface area contributed by atoms with Crippen LogP contribution in [0, 0.1) is 0 Å². The molecule has 1 heteroatoms. The van der Waals surface area contributed by atoms with E-state index in [0.29, 0.717) is 0 Å². The highest BCUT2D eigenvalue weighted by atomic mass is 14.7. The molecule has 1 nitrogen and oxygen atoms in total. The van der Waals surface area contributed by atoms with E-state index >= 15 is 0 Å². The molecule has 0 amide bonds. The Morgan fingerprint density at radius 1 is 1.05 bits per heavy atom. The molecular weight excluding hydrogens is 230 g/mol. The number of benzene rings is 2. The first-order valence-corrected chi connectivity index (χ1v) is 6.99. The van der Waals surface area contributed by atoms with Crippen LogP contribution >= 0.6 is 0 Å². The Labute approximate surface area is 115 Å². The summed E-state index contributed by atoms with van der Waals surface area (Å²) in [5.74, 6) is 0. The normalized spacial score (nSPS) is 20.3. The zero-order valence-electron chi connectivity index (χ0n) is 11.7. The van der Waals surface area contributed by atoms with E-state index in [4.69, 9.17) is 5.73 Å². The van der Waals surface area contributed by atoms with Crippen LogP contribution in [0.15, 0.2) is 48.5 Å². The molecule has 0 bridgehead atoms. The molecule has 1 aliphatic carbocycles. The van der Waals surface area contributed by atoms with E-state index in [2.05, 4.69) is 62.4 Å². The Balaban J connectivity index is 1.93. The predicted octanol–water partition coefficient (Wildman–Crippen LogP) is 3.96. The lowest BCUT2D eigenvalue weighted by Gasteiger charge is -2.18. The number of rotatable bonds is 2. The molecule has 0 saturated heterocycles. The average molecular weight is 251 g/mol. The van der Waals surface area contributed by atoms with Gasteiger partial charge in [-0.2, -0.15) is 0 Å². The van der Waals surface area contributed by atoms with Crippen molar-refractivity contribution < 1.29 is 0 Å². The van der Waals surface area contributed by atoms with Crippen LogP contribution < -0.4 is 5.73 Å². The van der Waals surface area contributed by atoms with Gasteiger partial charge in [-0.05, 0) is 40.5 Å². The van der Waals surface area contributed by atoms with Gasteiger partial charge in [-0.25, -0.2) is 0 Å². The summed E-state index contributed by atoms with van der Waals surface area (Å²) in [5, 5.41) is 0. The largest absolute Gasteiger partial charge is 0.324 e. The van der Waals surface area contributed by atoms with E-state index < -0.39 is 0 Å². The van der Waals surface area contributed by atoms with Gasteiger partial charge in [0.15, 0.2) is 0 Å². The fourth-order valence-electron chi connectivity index (χ4n) is 3.25. The van der Waals surface area contributed by atoms with Gasteiger partial charge in [0.1, 0.15) is 0 Å². The molecule has 0 heterocycles. The third-order valence-corrected chi connectivity index (χ3v) is 4.23. The Morgan fingerprint density at radius 2 is 1.79 bits per heavy atom. The molecule has 2 aromatic carbocycles. The maximum atomic E-state index is 6.28. The van der Waals surface area contributed by atoms with Crippen molar-refractivity contribution in [3.63, 3.8) is 0 Å². The van der Waals surface area contributed by atoms with Gasteiger partial charge in [-0.3, -0.25) is 0 Å². The zero-order chi connectivity index (χ0) is 13.5. The molecule has 0 unspecified atom stereocenters. The summed E-state index contributed by atoms with van der Waals surface area (Å²) in [5.41, 5.74) is 12.0. The van der Waals surface area contributed by atoms with Gasteiger partial charge in [-0.15, -0.1) is 0 Å². The van der Waals surface area contributed by atoms with Crippen molar-refractivity contribution >= 4 is 0 Å². The molecular formula is C18H21N.